The van der Waals surface area contributed by atoms with Crippen molar-refractivity contribution in [3.8, 4) is 0 Å². The van der Waals surface area contributed by atoms with E-state index >= 15 is 0 Å². The first-order chi connectivity index (χ1) is 10.5. The molecule has 1 aliphatic rings. The van der Waals surface area contributed by atoms with Crippen LogP contribution in [0.4, 0.5) is 10.5 Å². The van der Waals surface area contributed by atoms with Gasteiger partial charge in [0.2, 0.25) is 0 Å². The third-order valence-electron chi connectivity index (χ3n) is 4.02. The Kier molecular flexibility index (Phi) is 5.66. The van der Waals surface area contributed by atoms with Crippen molar-refractivity contribution in [2.45, 2.75) is 45.9 Å². The summed E-state index contributed by atoms with van der Waals surface area (Å²) in [6.45, 7) is 7.86. The summed E-state index contributed by atoms with van der Waals surface area (Å²) in [5.74, 6) is 0.198. The van der Waals surface area contributed by atoms with Crippen LogP contribution in [0.2, 0.25) is 0 Å². The zero-order valence-corrected chi connectivity index (χ0v) is 13.7. The summed E-state index contributed by atoms with van der Waals surface area (Å²) in [6.07, 6.45) is 0.524. The van der Waals surface area contributed by atoms with Crippen molar-refractivity contribution in [2.75, 3.05) is 18.4 Å². The van der Waals surface area contributed by atoms with E-state index in [1.54, 1.807) is 11.8 Å². The second kappa shape index (κ2) is 7.49. The number of hydrogen-bond acceptors (Lipinski definition) is 3. The molecule has 2 rings (SSSR count). The number of anilines is 1. The lowest BCUT2D eigenvalue weighted by atomic mass is 10.0. The molecule has 1 saturated heterocycles. The number of aliphatic hydroxyl groups is 1. The van der Waals surface area contributed by atoms with Crippen molar-refractivity contribution in [2.24, 2.45) is 5.92 Å². The highest BCUT2D eigenvalue weighted by atomic mass is 16.3. The predicted octanol–water partition coefficient (Wildman–Crippen LogP) is 2.42. The quantitative estimate of drug-likeness (QED) is 0.783. The van der Waals surface area contributed by atoms with Crippen LogP contribution in [0.3, 0.4) is 0 Å². The van der Waals surface area contributed by atoms with Crippen molar-refractivity contribution in [1.82, 2.24) is 10.2 Å². The lowest BCUT2D eigenvalue weighted by molar-refractivity contribution is 0.129. The highest BCUT2D eigenvalue weighted by Crippen LogP contribution is 2.19. The largest absolute Gasteiger partial charge is 0.393 e. The Hall–Kier alpha value is -1.75. The Morgan fingerprint density at radius 3 is 2.82 bits per heavy atom. The maximum atomic E-state index is 12.2. The lowest BCUT2D eigenvalue weighted by Crippen LogP contribution is -2.38. The number of hydrogen-bond donors (Lipinski definition) is 3. The molecule has 2 atom stereocenters. The Balaban J connectivity index is 1.84. The van der Waals surface area contributed by atoms with Crippen LogP contribution < -0.4 is 10.6 Å². The number of urea groups is 1. The van der Waals surface area contributed by atoms with E-state index in [0.29, 0.717) is 19.1 Å². The smallest absolute Gasteiger partial charge is 0.317 e. The number of rotatable bonds is 5. The molecule has 22 heavy (non-hydrogen) atoms. The highest BCUT2D eigenvalue weighted by molar-refractivity contribution is 5.74. The van der Waals surface area contributed by atoms with Gasteiger partial charge in [-0.15, -0.1) is 0 Å². The van der Waals surface area contributed by atoms with E-state index in [2.05, 4.69) is 30.5 Å². The minimum absolute atomic E-state index is 0.0506. The molecule has 122 valence electrons. The van der Waals surface area contributed by atoms with E-state index in [-0.39, 0.29) is 18.1 Å². The summed E-state index contributed by atoms with van der Waals surface area (Å²) < 4.78 is 0. The van der Waals surface area contributed by atoms with Crippen LogP contribution in [0.25, 0.3) is 0 Å². The summed E-state index contributed by atoms with van der Waals surface area (Å²) in [5.41, 5.74) is 2.14. The van der Waals surface area contributed by atoms with E-state index in [1.807, 2.05) is 18.2 Å². The molecular formula is C17H27N3O2. The van der Waals surface area contributed by atoms with Gasteiger partial charge in [-0.3, -0.25) is 0 Å². The third kappa shape index (κ3) is 4.63. The molecular weight excluding hydrogens is 278 g/mol. The first-order valence-corrected chi connectivity index (χ1v) is 8.02. The number of amides is 2. The standard InChI is InChI=1S/C17H27N3O2/c1-12(2)19-16-6-4-5-14(9-16)10-18-17(22)20-8-7-15(11-20)13(3)21/h4-6,9,12-13,15,19,21H,7-8,10-11H2,1-3H3,(H,18,22)/t13-,15-/m1/s1. The number of carbonyl (C=O) groups excluding carboxylic acids is 1. The van der Waals surface area contributed by atoms with Crippen LogP contribution in [0.5, 0.6) is 0 Å². The first-order valence-electron chi connectivity index (χ1n) is 8.02. The monoisotopic (exact) mass is 305 g/mol. The average Bonchev–Trinajstić information content (AvgIpc) is 2.94. The summed E-state index contributed by atoms with van der Waals surface area (Å²) >= 11 is 0. The Labute approximate surface area is 132 Å². The number of nitrogens with one attached hydrogen (secondary N) is 2. The Bertz CT molecular complexity index is 502. The molecule has 1 aliphatic heterocycles. The maximum Gasteiger partial charge on any atom is 0.317 e. The molecule has 5 heteroatoms. The first kappa shape index (κ1) is 16.6. The highest BCUT2D eigenvalue weighted by Gasteiger charge is 2.28. The molecule has 5 nitrogen and oxygen atoms in total. The average molecular weight is 305 g/mol. The molecule has 1 fully saturated rings. The molecule has 1 heterocycles. The SMILES string of the molecule is CC(C)Nc1cccc(CNC(=O)N2CC[C@@H]([C@@H](C)O)C2)c1. The molecule has 0 radical (unpaired) electrons. The van der Waals surface area contributed by atoms with Gasteiger partial charge in [0.05, 0.1) is 6.10 Å². The van der Waals surface area contributed by atoms with Crippen LogP contribution in [-0.4, -0.2) is 41.3 Å². The molecule has 0 spiro atoms. The topological polar surface area (TPSA) is 64.6 Å². The molecule has 0 bridgehead atoms. The van der Waals surface area contributed by atoms with Gasteiger partial charge in [0.1, 0.15) is 0 Å². The van der Waals surface area contributed by atoms with Crippen LogP contribution >= 0.6 is 0 Å². The maximum absolute atomic E-state index is 12.2. The van der Waals surface area contributed by atoms with Gasteiger partial charge in [-0.05, 0) is 44.9 Å². The zero-order chi connectivity index (χ0) is 16.1. The van der Waals surface area contributed by atoms with Crippen LogP contribution in [0.1, 0.15) is 32.8 Å². The second-order valence-corrected chi connectivity index (χ2v) is 6.39. The number of carbonyl (C=O) groups is 1. The summed E-state index contributed by atoms with van der Waals surface area (Å²) in [7, 11) is 0. The molecule has 3 N–H and O–H groups in total. The van der Waals surface area contributed by atoms with E-state index in [0.717, 1.165) is 24.2 Å². The van der Waals surface area contributed by atoms with Crippen molar-refractivity contribution in [3.63, 3.8) is 0 Å². The van der Waals surface area contributed by atoms with E-state index < -0.39 is 0 Å². The molecule has 0 unspecified atom stereocenters. The van der Waals surface area contributed by atoms with Gasteiger partial charge in [-0.1, -0.05) is 12.1 Å². The second-order valence-electron chi connectivity index (χ2n) is 6.39. The van der Waals surface area contributed by atoms with Crippen LogP contribution in [0.15, 0.2) is 24.3 Å². The molecule has 0 saturated carbocycles. The molecule has 1 aromatic carbocycles. The van der Waals surface area contributed by atoms with Gasteiger partial charge in [0.25, 0.3) is 0 Å². The van der Waals surface area contributed by atoms with Crippen LogP contribution in [-0.2, 0) is 6.54 Å². The van der Waals surface area contributed by atoms with Gasteiger partial charge in [-0.25, -0.2) is 4.79 Å². The van der Waals surface area contributed by atoms with E-state index in [4.69, 9.17) is 0 Å². The van der Waals surface area contributed by atoms with Gasteiger partial charge in [-0.2, -0.15) is 0 Å². The minimum atomic E-state index is -0.350. The molecule has 0 aromatic heterocycles. The minimum Gasteiger partial charge on any atom is -0.393 e. The van der Waals surface area contributed by atoms with Crippen LogP contribution in [0, 0.1) is 5.92 Å². The predicted molar refractivity (Wildman–Crippen MR) is 88.8 cm³/mol. The van der Waals surface area contributed by atoms with Gasteiger partial charge >= 0.3 is 6.03 Å². The fourth-order valence-corrected chi connectivity index (χ4v) is 2.76. The Morgan fingerprint density at radius 1 is 1.41 bits per heavy atom. The summed E-state index contributed by atoms with van der Waals surface area (Å²) in [6, 6.07) is 8.42. The van der Waals surface area contributed by atoms with Crippen molar-refractivity contribution < 1.29 is 9.90 Å². The van der Waals surface area contributed by atoms with Gasteiger partial charge in [0.15, 0.2) is 0 Å². The molecule has 1 aromatic rings. The van der Waals surface area contributed by atoms with Crippen molar-refractivity contribution >= 4 is 11.7 Å². The number of benzene rings is 1. The Morgan fingerprint density at radius 2 is 2.18 bits per heavy atom. The molecule has 2 amide bonds. The summed E-state index contributed by atoms with van der Waals surface area (Å²) in [4.78, 5) is 14.0. The van der Waals surface area contributed by atoms with Gasteiger partial charge < -0.3 is 20.6 Å². The number of aliphatic hydroxyl groups excluding tert-OH is 1. The van der Waals surface area contributed by atoms with Crippen molar-refractivity contribution in [3.05, 3.63) is 29.8 Å². The fourth-order valence-electron chi connectivity index (χ4n) is 2.76. The van der Waals surface area contributed by atoms with E-state index in [9.17, 15) is 9.90 Å². The van der Waals surface area contributed by atoms with E-state index in [1.165, 1.54) is 0 Å². The normalized spacial score (nSPS) is 19.3. The third-order valence-corrected chi connectivity index (χ3v) is 4.02. The number of nitrogens with zero attached hydrogens (tertiary/aromatic N) is 1. The fraction of sp³-hybridized carbons (Fsp3) is 0.588. The van der Waals surface area contributed by atoms with Crippen molar-refractivity contribution in [1.29, 1.82) is 0 Å². The van der Waals surface area contributed by atoms with Gasteiger partial charge in [0, 0.05) is 37.3 Å². The zero-order valence-electron chi connectivity index (χ0n) is 13.7. The number of likely N-dealkylation sites (tertiary alicyclic amines) is 1. The lowest BCUT2D eigenvalue weighted by Gasteiger charge is -2.18. The molecule has 0 aliphatic carbocycles. The summed E-state index contributed by atoms with van der Waals surface area (Å²) in [5, 5.41) is 15.9.